The van der Waals surface area contributed by atoms with Crippen molar-refractivity contribution in [3.8, 4) is 23.7 Å². The molecule has 162 valence electrons. The Bertz CT molecular complexity index is 1170. The quantitative estimate of drug-likeness (QED) is 0.365. The first-order valence-electron chi connectivity index (χ1n) is 10.7. The van der Waals surface area contributed by atoms with Crippen molar-refractivity contribution in [2.24, 2.45) is 0 Å². The molecular weight excluding hydrogens is 390 g/mol. The van der Waals surface area contributed by atoms with Crippen molar-refractivity contribution in [2.75, 3.05) is 11.5 Å². The average Bonchev–Trinajstić information content (AvgIpc) is 2.71. The minimum atomic E-state index is 0.0318. The highest BCUT2D eigenvalue weighted by Crippen LogP contribution is 2.26. The van der Waals surface area contributed by atoms with Gasteiger partial charge in [-0.2, -0.15) is 0 Å². The van der Waals surface area contributed by atoms with Crippen molar-refractivity contribution in [1.29, 1.82) is 0 Å². The Hall–Kier alpha value is -3.69. The van der Waals surface area contributed by atoms with Gasteiger partial charge in [0.2, 0.25) is 0 Å². The summed E-state index contributed by atoms with van der Waals surface area (Å²) in [5.74, 6) is 12.6. The molecule has 4 N–H and O–H groups in total. The van der Waals surface area contributed by atoms with Crippen LogP contribution in [0.5, 0.6) is 0 Å². The summed E-state index contributed by atoms with van der Waals surface area (Å²) in [5.41, 5.74) is 19.0. The summed E-state index contributed by atoms with van der Waals surface area (Å²) in [6.45, 7) is 13.0. The number of benzene rings is 2. The number of nitrogens with two attached hydrogens (primary N) is 2. The predicted molar refractivity (Wildman–Crippen MR) is 135 cm³/mol. The van der Waals surface area contributed by atoms with Crippen molar-refractivity contribution in [3.05, 3.63) is 88.2 Å². The van der Waals surface area contributed by atoms with Crippen molar-refractivity contribution in [3.63, 3.8) is 0 Å². The molecule has 3 rings (SSSR count). The van der Waals surface area contributed by atoms with Crippen LogP contribution in [0.2, 0.25) is 0 Å². The van der Waals surface area contributed by atoms with Crippen molar-refractivity contribution in [1.82, 2.24) is 4.98 Å². The lowest BCUT2D eigenvalue weighted by Gasteiger charge is -2.19. The molecule has 0 aliphatic carbocycles. The van der Waals surface area contributed by atoms with E-state index in [1.54, 1.807) is 0 Å². The van der Waals surface area contributed by atoms with E-state index in [0.29, 0.717) is 22.8 Å². The van der Waals surface area contributed by atoms with Gasteiger partial charge in [-0.3, -0.25) is 0 Å². The Balaban J connectivity index is 1.90. The minimum absolute atomic E-state index is 0.0318. The monoisotopic (exact) mass is 421 g/mol. The van der Waals surface area contributed by atoms with Crippen LogP contribution in [0.1, 0.15) is 75.2 Å². The predicted octanol–water partition coefficient (Wildman–Crippen LogP) is 5.64. The normalized spacial score (nSPS) is 11.2. The molecule has 0 saturated heterocycles. The maximum absolute atomic E-state index is 6.14. The molecular formula is C29H31N3. The topological polar surface area (TPSA) is 64.9 Å². The number of hydrogen-bond acceptors (Lipinski definition) is 3. The van der Waals surface area contributed by atoms with Crippen LogP contribution >= 0.6 is 0 Å². The fourth-order valence-electron chi connectivity index (χ4n) is 3.10. The highest BCUT2D eigenvalue weighted by atomic mass is 14.7. The lowest BCUT2D eigenvalue weighted by Crippen LogP contribution is -2.11. The van der Waals surface area contributed by atoms with Gasteiger partial charge in [0.05, 0.1) is 0 Å². The average molecular weight is 422 g/mol. The number of anilines is 2. The molecule has 0 aliphatic heterocycles. The second-order valence-electron chi connectivity index (χ2n) is 10.0. The third kappa shape index (κ3) is 5.71. The SMILES string of the molecule is CC(C)(C)c1ccc(N)c(C#Cc2cccc(C#Cc3cc(C(C)(C)C)ccc3N)n2)c1. The van der Waals surface area contributed by atoms with E-state index in [1.165, 1.54) is 11.1 Å². The van der Waals surface area contributed by atoms with Crippen LogP contribution in [-0.2, 0) is 10.8 Å². The van der Waals surface area contributed by atoms with Gasteiger partial charge in [-0.05, 0) is 70.2 Å². The van der Waals surface area contributed by atoms with Crippen LogP contribution in [0.4, 0.5) is 11.4 Å². The van der Waals surface area contributed by atoms with Gasteiger partial charge in [0, 0.05) is 22.5 Å². The molecule has 1 aromatic heterocycles. The number of pyridine rings is 1. The van der Waals surface area contributed by atoms with Crippen LogP contribution in [0.15, 0.2) is 54.6 Å². The number of nitrogen functional groups attached to an aromatic ring is 2. The summed E-state index contributed by atoms with van der Waals surface area (Å²) in [4.78, 5) is 4.58. The summed E-state index contributed by atoms with van der Waals surface area (Å²) < 4.78 is 0. The van der Waals surface area contributed by atoms with Crippen LogP contribution < -0.4 is 11.5 Å². The first-order chi connectivity index (χ1) is 14.9. The Morgan fingerprint density at radius 3 is 1.38 bits per heavy atom. The van der Waals surface area contributed by atoms with E-state index in [2.05, 4.69) is 94.5 Å². The highest BCUT2D eigenvalue weighted by molar-refractivity contribution is 5.60. The molecule has 3 aromatic rings. The van der Waals surface area contributed by atoms with Gasteiger partial charge in [0.15, 0.2) is 0 Å². The number of aromatic nitrogens is 1. The molecule has 0 fully saturated rings. The molecule has 0 saturated carbocycles. The lowest BCUT2D eigenvalue weighted by molar-refractivity contribution is 0.590. The molecule has 0 aliphatic rings. The first kappa shape index (κ1) is 23.0. The second-order valence-corrected chi connectivity index (χ2v) is 10.0. The molecule has 0 radical (unpaired) electrons. The van der Waals surface area contributed by atoms with E-state index in [9.17, 15) is 0 Å². The van der Waals surface area contributed by atoms with Crippen molar-refractivity contribution >= 4 is 11.4 Å². The molecule has 0 bridgehead atoms. The van der Waals surface area contributed by atoms with E-state index < -0.39 is 0 Å². The minimum Gasteiger partial charge on any atom is -0.398 e. The zero-order valence-electron chi connectivity index (χ0n) is 19.8. The van der Waals surface area contributed by atoms with E-state index in [1.807, 2.05) is 30.3 Å². The summed E-state index contributed by atoms with van der Waals surface area (Å²) in [6.07, 6.45) is 0. The number of rotatable bonds is 0. The second kappa shape index (κ2) is 8.81. The lowest BCUT2D eigenvalue weighted by atomic mass is 9.86. The maximum atomic E-state index is 6.14. The number of nitrogens with zero attached hydrogens (tertiary/aromatic N) is 1. The molecule has 3 heteroatoms. The molecule has 1 heterocycles. The smallest absolute Gasteiger partial charge is 0.115 e. The van der Waals surface area contributed by atoms with E-state index in [-0.39, 0.29) is 10.8 Å². The first-order valence-corrected chi connectivity index (χ1v) is 10.7. The third-order valence-corrected chi connectivity index (χ3v) is 5.24. The van der Waals surface area contributed by atoms with Gasteiger partial charge in [-0.25, -0.2) is 4.98 Å². The van der Waals surface area contributed by atoms with Gasteiger partial charge in [0.25, 0.3) is 0 Å². The Morgan fingerprint density at radius 1 is 0.594 bits per heavy atom. The molecule has 2 aromatic carbocycles. The molecule has 3 nitrogen and oxygen atoms in total. The summed E-state index contributed by atoms with van der Waals surface area (Å²) in [7, 11) is 0. The summed E-state index contributed by atoms with van der Waals surface area (Å²) in [5, 5.41) is 0. The molecule has 0 unspecified atom stereocenters. The molecule has 0 atom stereocenters. The molecule has 0 spiro atoms. The largest absolute Gasteiger partial charge is 0.398 e. The zero-order valence-corrected chi connectivity index (χ0v) is 19.8. The van der Waals surface area contributed by atoms with Crippen molar-refractivity contribution in [2.45, 2.75) is 52.4 Å². The van der Waals surface area contributed by atoms with E-state index >= 15 is 0 Å². The highest BCUT2D eigenvalue weighted by Gasteiger charge is 2.15. The van der Waals surface area contributed by atoms with E-state index in [0.717, 1.165) is 11.1 Å². The van der Waals surface area contributed by atoms with Crippen LogP contribution in [-0.4, -0.2) is 4.98 Å². The Labute approximate surface area is 192 Å². The maximum Gasteiger partial charge on any atom is 0.115 e. The Kier molecular flexibility index (Phi) is 6.33. The van der Waals surface area contributed by atoms with E-state index in [4.69, 9.17) is 11.5 Å². The molecule has 0 amide bonds. The van der Waals surface area contributed by atoms with Gasteiger partial charge < -0.3 is 11.5 Å². The van der Waals surface area contributed by atoms with Crippen LogP contribution in [0.25, 0.3) is 0 Å². The summed E-state index contributed by atoms with van der Waals surface area (Å²) in [6, 6.07) is 17.7. The molecule has 32 heavy (non-hydrogen) atoms. The van der Waals surface area contributed by atoms with Gasteiger partial charge in [-0.1, -0.05) is 71.6 Å². The van der Waals surface area contributed by atoms with Crippen molar-refractivity contribution < 1.29 is 0 Å². The fraction of sp³-hybridized carbons (Fsp3) is 0.276. The zero-order chi connectivity index (χ0) is 23.5. The van der Waals surface area contributed by atoms with Gasteiger partial charge in [0.1, 0.15) is 11.4 Å². The standard InChI is InChI=1S/C29H31N3/c1-28(2,3)22-12-16-26(30)20(18-22)10-14-24-8-7-9-25(32-24)15-11-21-19-23(29(4,5)6)13-17-27(21)31/h7-9,12-13,16-19H,30-31H2,1-6H3. The third-order valence-electron chi connectivity index (χ3n) is 5.24. The van der Waals surface area contributed by atoms with Crippen LogP contribution in [0, 0.1) is 23.7 Å². The number of hydrogen-bond donors (Lipinski definition) is 2. The fourth-order valence-corrected chi connectivity index (χ4v) is 3.10. The van der Waals surface area contributed by atoms with Crippen LogP contribution in [0.3, 0.4) is 0 Å². The summed E-state index contributed by atoms with van der Waals surface area (Å²) >= 11 is 0. The van der Waals surface area contributed by atoms with Gasteiger partial charge in [-0.15, -0.1) is 0 Å². The van der Waals surface area contributed by atoms with Gasteiger partial charge >= 0.3 is 0 Å². The Morgan fingerprint density at radius 2 is 1.00 bits per heavy atom.